The van der Waals surface area contributed by atoms with Crippen LogP contribution in [0.1, 0.15) is 68.7 Å². The van der Waals surface area contributed by atoms with Crippen LogP contribution in [-0.4, -0.2) is 18.0 Å². The van der Waals surface area contributed by atoms with Gasteiger partial charge in [-0.1, -0.05) is 97.1 Å². The molecule has 0 saturated carbocycles. The monoisotopic (exact) mass is 1170 g/mol. The summed E-state index contributed by atoms with van der Waals surface area (Å²) in [5.41, 5.74) is -29.5. The summed E-state index contributed by atoms with van der Waals surface area (Å²) in [5, 5.41) is 2.12. The highest BCUT2D eigenvalue weighted by Crippen LogP contribution is 2.41. The molecule has 0 bridgehead atoms. The average molecular weight is 1170 g/mol. The number of ketones is 1. The first-order chi connectivity index (χ1) is 36.4. The molecule has 0 aliphatic heterocycles. The molecule has 1 aromatic heterocycles. The molecule has 7 rings (SSSR count). The maximum Gasteiger partial charge on any atom is 0.416 e. The summed E-state index contributed by atoms with van der Waals surface area (Å²) in [4.78, 5) is 12.5. The molecule has 0 aliphatic carbocycles. The fourth-order valence-electron chi connectivity index (χ4n) is 8.65. The molecule has 28 heteroatoms. The number of benzene rings is 6. The van der Waals surface area contributed by atoms with Crippen LogP contribution in [0.4, 0.5) is 105 Å². The Labute approximate surface area is 434 Å². The number of hydrogen-bond donors (Lipinski definition) is 0. The van der Waals surface area contributed by atoms with E-state index in [9.17, 15) is 110 Å². The number of alkyl halides is 24. The molecular weight excluding hydrogens is 1140 g/mol. The number of Topliss-reactive ketones (excluding diaryl/α,β-unsaturated/α-hetero) is 1. The van der Waals surface area contributed by atoms with Gasteiger partial charge in [0.2, 0.25) is 12.3 Å². The summed E-state index contributed by atoms with van der Waals surface area (Å²) in [7, 11) is 0. The number of hydrogen-bond acceptors (Lipinski definition) is 2. The summed E-state index contributed by atoms with van der Waals surface area (Å²) in [5.74, 6) is 0.807. The highest BCUT2D eigenvalue weighted by Gasteiger charge is 2.47. The van der Waals surface area contributed by atoms with E-state index in [0.29, 0.717) is 5.56 Å². The van der Waals surface area contributed by atoms with Gasteiger partial charge in [0.05, 0.1) is 56.0 Å². The standard InChI is InChI=1S/C32H12BF24.C20H20NO2/c34-25(35,36)13-1-14(26(37,38)39)6-21(5-13)33(22-7-15(27(40,41)42)2-16(8-22)28(43,44)45,23-9-17(29(46,47)48)3-18(10-23)30(49,50)51)24-11-19(31(52,53)54)4-20(12-24)32(55,56)57;1-15(2)23-20-18-11-7-6-8-16(18)12-13-21(20)14-19(22)17-9-4-3-5-10-17/h1-12H;3-13,15H,14H2,1-2H3/q-1;+1. The number of rotatable bonds is 9. The van der Waals surface area contributed by atoms with Crippen molar-refractivity contribution in [2.45, 2.75) is 75.9 Å². The Bertz CT molecular complexity index is 2950. The second-order valence-electron chi connectivity index (χ2n) is 18.0. The van der Waals surface area contributed by atoms with Gasteiger partial charge in [-0.3, -0.25) is 4.79 Å². The van der Waals surface area contributed by atoms with Crippen molar-refractivity contribution in [2.24, 2.45) is 0 Å². The maximum atomic E-state index is 14.2. The molecule has 3 nitrogen and oxygen atoms in total. The van der Waals surface area contributed by atoms with Crippen LogP contribution >= 0.6 is 0 Å². The number of ether oxygens (including phenoxy) is 1. The number of carbonyl (C=O) groups is 1. The molecule has 7 aromatic rings. The highest BCUT2D eigenvalue weighted by molar-refractivity contribution is 7.20. The Morgan fingerprint density at radius 2 is 0.675 bits per heavy atom. The van der Waals surface area contributed by atoms with Crippen LogP contribution in [-0.2, 0) is 56.0 Å². The smallest absolute Gasteiger partial charge is 0.416 e. The third kappa shape index (κ3) is 13.9. The van der Waals surface area contributed by atoms with Crippen molar-refractivity contribution in [2.75, 3.05) is 0 Å². The van der Waals surface area contributed by atoms with Gasteiger partial charge in [-0.05, 0) is 49.6 Å². The van der Waals surface area contributed by atoms with Gasteiger partial charge in [0.15, 0.2) is 6.20 Å². The highest BCUT2D eigenvalue weighted by atomic mass is 19.4. The van der Waals surface area contributed by atoms with Crippen LogP contribution in [0.15, 0.2) is 140 Å². The van der Waals surface area contributed by atoms with Gasteiger partial charge in [-0.15, -0.1) is 0 Å². The van der Waals surface area contributed by atoms with Crippen LogP contribution in [0.25, 0.3) is 10.8 Å². The Morgan fingerprint density at radius 3 is 0.950 bits per heavy atom. The molecule has 0 spiro atoms. The first-order valence-corrected chi connectivity index (χ1v) is 22.4. The topological polar surface area (TPSA) is 30.2 Å². The quantitative estimate of drug-likeness (QED) is 0.0624. The van der Waals surface area contributed by atoms with E-state index in [0.717, 1.165) is 16.7 Å². The summed E-state index contributed by atoms with van der Waals surface area (Å²) >= 11 is 0. The minimum absolute atomic E-state index is 0.0406. The second-order valence-corrected chi connectivity index (χ2v) is 18.0. The van der Waals surface area contributed by atoms with Crippen molar-refractivity contribution in [1.29, 1.82) is 0 Å². The van der Waals surface area contributed by atoms with E-state index in [1.165, 1.54) is 0 Å². The van der Waals surface area contributed by atoms with Crippen LogP contribution < -0.4 is 31.2 Å². The zero-order valence-electron chi connectivity index (χ0n) is 40.0. The predicted octanol–water partition coefficient (Wildman–Crippen LogP) is 15.0. The number of fused-ring (bicyclic) bond motifs is 1. The molecule has 0 amide bonds. The van der Waals surface area contributed by atoms with Gasteiger partial charge in [0.1, 0.15) is 6.15 Å². The number of halogens is 24. The number of pyridine rings is 1. The van der Waals surface area contributed by atoms with Crippen molar-refractivity contribution in [3.8, 4) is 5.88 Å². The Hall–Kier alpha value is -7.42. The summed E-state index contributed by atoms with van der Waals surface area (Å²) < 4.78 is 349. The normalized spacial score (nSPS) is 13.3. The van der Waals surface area contributed by atoms with Crippen LogP contribution in [0.3, 0.4) is 0 Å². The van der Waals surface area contributed by atoms with Crippen molar-refractivity contribution in [3.05, 3.63) is 190 Å². The molecule has 0 atom stereocenters. The molecule has 1 heterocycles. The molecule has 0 aliphatic rings. The zero-order chi connectivity index (χ0) is 60.1. The van der Waals surface area contributed by atoms with E-state index in [2.05, 4.69) is 0 Å². The molecule has 0 fully saturated rings. The van der Waals surface area contributed by atoms with Crippen LogP contribution in [0.5, 0.6) is 5.88 Å². The number of aromatic nitrogens is 1. The van der Waals surface area contributed by atoms with Gasteiger partial charge in [-0.25, -0.2) is 0 Å². The summed E-state index contributed by atoms with van der Waals surface area (Å²) in [6, 6.07) is 10.6. The van der Waals surface area contributed by atoms with E-state index < -0.39 is 195 Å². The third-order valence-electron chi connectivity index (χ3n) is 12.1. The van der Waals surface area contributed by atoms with Crippen LogP contribution in [0.2, 0.25) is 0 Å². The Morgan fingerprint density at radius 1 is 0.400 bits per heavy atom. The van der Waals surface area contributed by atoms with E-state index >= 15 is 0 Å². The summed E-state index contributed by atoms with van der Waals surface area (Å²) in [6.45, 7) is 4.24. The maximum absolute atomic E-state index is 14.2. The lowest BCUT2D eigenvalue weighted by molar-refractivity contribution is -0.687. The van der Waals surface area contributed by atoms with E-state index in [4.69, 9.17) is 4.74 Å². The molecule has 0 saturated heterocycles. The Balaban J connectivity index is 0.000000370. The van der Waals surface area contributed by atoms with E-state index in [1.807, 2.05) is 85.3 Å². The lowest BCUT2D eigenvalue weighted by Gasteiger charge is -2.46. The van der Waals surface area contributed by atoms with Crippen molar-refractivity contribution < 1.29 is 119 Å². The van der Waals surface area contributed by atoms with Crippen LogP contribution in [0, 0.1) is 0 Å². The van der Waals surface area contributed by atoms with Crippen molar-refractivity contribution in [1.82, 2.24) is 0 Å². The minimum atomic E-state index is -6.13. The minimum Gasteiger partial charge on any atom is -0.441 e. The fraction of sp³-hybridized carbons (Fsp3) is 0.231. The molecule has 428 valence electrons. The lowest BCUT2D eigenvalue weighted by atomic mass is 9.12. The number of carbonyl (C=O) groups excluding carboxylic acids is 1. The SMILES string of the molecule is CC(C)Oc1c2ccccc2cc[n+]1CC(=O)c1ccccc1.FC(F)(F)c1cc([B-](c2cc(C(F)(F)F)cc(C(F)(F)F)c2)(c2cc(C(F)(F)F)cc(C(F)(F)F)c2)c2cc(C(F)(F)F)cc(C(F)(F)F)c2)cc(C(F)(F)F)c1. The molecule has 0 radical (unpaired) electrons. The lowest BCUT2D eigenvalue weighted by Crippen LogP contribution is -2.75. The average Bonchev–Trinajstić information content (AvgIpc) is 3.33. The largest absolute Gasteiger partial charge is 0.441 e. The second kappa shape index (κ2) is 21.6. The van der Waals surface area contributed by atoms with Gasteiger partial charge in [0.25, 0.3) is 0 Å². The Kier molecular flexibility index (Phi) is 16.7. The molecular formula is C52H32BF24NO2. The molecule has 6 aromatic carbocycles. The molecule has 0 unspecified atom stereocenters. The van der Waals surface area contributed by atoms with E-state index in [-0.39, 0.29) is 18.4 Å². The van der Waals surface area contributed by atoms with E-state index in [1.54, 1.807) is 0 Å². The predicted molar refractivity (Wildman–Crippen MR) is 241 cm³/mol. The number of nitrogens with zero attached hydrogens (tertiary/aromatic N) is 1. The first-order valence-electron chi connectivity index (χ1n) is 22.4. The molecule has 80 heavy (non-hydrogen) atoms. The third-order valence-corrected chi connectivity index (χ3v) is 12.1. The first kappa shape index (κ1) is 61.8. The van der Waals surface area contributed by atoms with Gasteiger partial charge >= 0.3 is 55.3 Å². The van der Waals surface area contributed by atoms with Gasteiger partial charge in [-0.2, -0.15) is 132 Å². The van der Waals surface area contributed by atoms with Gasteiger partial charge < -0.3 is 4.74 Å². The summed E-state index contributed by atoms with van der Waals surface area (Å²) in [6.07, 6.45) is -52.8. The van der Waals surface area contributed by atoms with Gasteiger partial charge in [0, 0.05) is 11.6 Å². The zero-order valence-corrected chi connectivity index (χ0v) is 40.0. The molecule has 0 N–H and O–H groups in total. The van der Waals surface area contributed by atoms with Crippen molar-refractivity contribution >= 4 is 44.6 Å². The van der Waals surface area contributed by atoms with Crippen molar-refractivity contribution in [3.63, 3.8) is 0 Å². The fourth-order valence-corrected chi connectivity index (χ4v) is 8.65.